The van der Waals surface area contributed by atoms with Gasteiger partial charge >= 0.3 is 5.97 Å². The molecule has 3 N–H and O–H groups in total. The molecular formula is C20H20F2N4O5. The Morgan fingerprint density at radius 2 is 1.94 bits per heavy atom. The topological polar surface area (TPSA) is 129 Å². The summed E-state index contributed by atoms with van der Waals surface area (Å²) in [5, 5.41) is 14.1. The number of rotatable bonds is 7. The van der Waals surface area contributed by atoms with Crippen LogP contribution in [-0.4, -0.2) is 64.2 Å². The Morgan fingerprint density at radius 3 is 2.61 bits per heavy atom. The van der Waals surface area contributed by atoms with Gasteiger partial charge in [0.2, 0.25) is 11.8 Å². The van der Waals surface area contributed by atoms with E-state index >= 15 is 0 Å². The summed E-state index contributed by atoms with van der Waals surface area (Å²) in [6.07, 6.45) is 0.411. The Morgan fingerprint density at radius 1 is 1.16 bits per heavy atom. The molecule has 0 unspecified atom stereocenters. The molecule has 0 spiro atoms. The fraction of sp³-hybridized carbons (Fsp3) is 0.350. The second kappa shape index (κ2) is 9.02. The van der Waals surface area contributed by atoms with Gasteiger partial charge in [-0.15, -0.1) is 0 Å². The highest BCUT2D eigenvalue weighted by Gasteiger charge is 2.40. The minimum atomic E-state index is -2.91. The van der Waals surface area contributed by atoms with Crippen LogP contribution in [-0.2, 0) is 14.4 Å². The highest BCUT2D eigenvalue weighted by atomic mass is 19.3. The van der Waals surface area contributed by atoms with E-state index in [-0.39, 0.29) is 24.9 Å². The Hall–Kier alpha value is -3.63. The predicted octanol–water partition coefficient (Wildman–Crippen LogP) is 1.64. The smallest absolute Gasteiger partial charge is 0.303 e. The average molecular weight is 434 g/mol. The molecule has 1 fully saturated rings. The number of hydrogen-bond acceptors (Lipinski definition) is 5. The van der Waals surface area contributed by atoms with Crippen LogP contribution in [0.4, 0.5) is 14.5 Å². The maximum absolute atomic E-state index is 13.3. The number of benzene rings is 1. The maximum Gasteiger partial charge on any atom is 0.303 e. The molecule has 3 rings (SSSR count). The number of anilines is 1. The number of carbonyl (C=O) groups excluding carboxylic acids is 3. The second-order valence-corrected chi connectivity index (χ2v) is 7.11. The van der Waals surface area contributed by atoms with Gasteiger partial charge in [-0.2, -0.15) is 0 Å². The molecule has 1 aliphatic heterocycles. The molecule has 31 heavy (non-hydrogen) atoms. The number of likely N-dealkylation sites (tertiary alicyclic amines) is 1. The Bertz CT molecular complexity index is 1040. The van der Waals surface area contributed by atoms with Crippen molar-refractivity contribution in [3.05, 3.63) is 36.0 Å². The van der Waals surface area contributed by atoms with E-state index in [2.05, 4.69) is 15.6 Å². The van der Waals surface area contributed by atoms with Gasteiger partial charge in [0.1, 0.15) is 0 Å². The molecule has 0 saturated carbocycles. The lowest BCUT2D eigenvalue weighted by Gasteiger charge is -2.16. The van der Waals surface area contributed by atoms with Gasteiger partial charge in [-0.25, -0.2) is 8.78 Å². The standard InChI is InChI=1S/C20H20F2N4O5/c21-20(22)7-9-26(11-20)16(28)10-24-19(31)13-6-8-23-18-12(13)2-1-3-14(18)25-15(27)4-5-17(29)30/h1-3,6,8H,4-5,7,9-11H2,(H,24,31)(H,25,27)(H,29,30). The van der Waals surface area contributed by atoms with Crippen molar-refractivity contribution < 1.29 is 33.1 Å². The number of aliphatic carboxylic acids is 1. The summed E-state index contributed by atoms with van der Waals surface area (Å²) >= 11 is 0. The van der Waals surface area contributed by atoms with E-state index in [1.165, 1.54) is 12.3 Å². The molecule has 164 valence electrons. The molecule has 2 aromatic rings. The lowest BCUT2D eigenvalue weighted by atomic mass is 10.1. The number of carboxylic acids is 1. The number of aromatic nitrogens is 1. The van der Waals surface area contributed by atoms with Gasteiger partial charge in [-0.1, -0.05) is 12.1 Å². The van der Waals surface area contributed by atoms with Crippen molar-refractivity contribution >= 4 is 40.3 Å². The third-order valence-electron chi connectivity index (χ3n) is 4.78. The summed E-state index contributed by atoms with van der Waals surface area (Å²) < 4.78 is 26.5. The lowest BCUT2D eigenvalue weighted by molar-refractivity contribution is -0.138. The van der Waals surface area contributed by atoms with Crippen molar-refractivity contribution in [2.45, 2.75) is 25.2 Å². The summed E-state index contributed by atoms with van der Waals surface area (Å²) in [4.78, 5) is 52.5. The fourth-order valence-electron chi connectivity index (χ4n) is 3.22. The number of nitrogens with one attached hydrogen (secondary N) is 2. The van der Waals surface area contributed by atoms with Crippen LogP contribution in [0.1, 0.15) is 29.6 Å². The van der Waals surface area contributed by atoms with E-state index in [1.807, 2.05) is 0 Å². The van der Waals surface area contributed by atoms with Crippen molar-refractivity contribution in [3.63, 3.8) is 0 Å². The summed E-state index contributed by atoms with van der Waals surface area (Å²) in [5.41, 5.74) is 0.799. The zero-order valence-electron chi connectivity index (χ0n) is 16.4. The van der Waals surface area contributed by atoms with E-state index in [0.717, 1.165) is 4.90 Å². The van der Waals surface area contributed by atoms with Crippen LogP contribution in [0.15, 0.2) is 30.5 Å². The molecule has 0 atom stereocenters. The molecule has 2 heterocycles. The molecule has 9 nitrogen and oxygen atoms in total. The van der Waals surface area contributed by atoms with E-state index in [1.54, 1.807) is 18.2 Å². The number of para-hydroxylation sites is 1. The first-order valence-corrected chi connectivity index (χ1v) is 9.49. The predicted molar refractivity (Wildman–Crippen MR) is 106 cm³/mol. The van der Waals surface area contributed by atoms with Crippen LogP contribution in [0.25, 0.3) is 10.9 Å². The third-order valence-corrected chi connectivity index (χ3v) is 4.78. The first-order chi connectivity index (χ1) is 14.7. The molecular weight excluding hydrogens is 414 g/mol. The minimum Gasteiger partial charge on any atom is -0.481 e. The fourth-order valence-corrected chi connectivity index (χ4v) is 3.22. The molecule has 0 radical (unpaired) electrons. The second-order valence-electron chi connectivity index (χ2n) is 7.11. The molecule has 3 amide bonds. The number of carbonyl (C=O) groups is 4. The summed E-state index contributed by atoms with van der Waals surface area (Å²) in [5.74, 6) is -5.72. The molecule has 1 saturated heterocycles. The van der Waals surface area contributed by atoms with E-state index in [0.29, 0.717) is 16.6 Å². The Kier molecular flexibility index (Phi) is 6.42. The van der Waals surface area contributed by atoms with Crippen molar-refractivity contribution in [1.29, 1.82) is 0 Å². The maximum atomic E-state index is 13.3. The van der Waals surface area contributed by atoms with Gasteiger partial charge in [0.05, 0.1) is 36.3 Å². The van der Waals surface area contributed by atoms with Crippen LogP contribution in [0.2, 0.25) is 0 Å². The molecule has 0 bridgehead atoms. The van der Waals surface area contributed by atoms with E-state index < -0.39 is 49.1 Å². The third kappa shape index (κ3) is 5.50. The number of pyridine rings is 1. The quantitative estimate of drug-likeness (QED) is 0.608. The van der Waals surface area contributed by atoms with Gasteiger partial charge in [0, 0.05) is 31.0 Å². The largest absolute Gasteiger partial charge is 0.481 e. The van der Waals surface area contributed by atoms with Gasteiger partial charge in [0.25, 0.3) is 11.8 Å². The van der Waals surface area contributed by atoms with Crippen molar-refractivity contribution in [2.24, 2.45) is 0 Å². The van der Waals surface area contributed by atoms with E-state index in [9.17, 15) is 28.0 Å². The number of fused-ring (bicyclic) bond motifs is 1. The number of carboxylic acid groups (broad SMARTS) is 1. The number of alkyl halides is 2. The van der Waals surface area contributed by atoms with E-state index in [4.69, 9.17) is 5.11 Å². The zero-order valence-corrected chi connectivity index (χ0v) is 16.4. The molecule has 1 aromatic carbocycles. The van der Waals surface area contributed by atoms with Crippen molar-refractivity contribution in [1.82, 2.24) is 15.2 Å². The monoisotopic (exact) mass is 434 g/mol. The molecule has 1 aliphatic rings. The van der Waals surface area contributed by atoms with Crippen LogP contribution in [0.3, 0.4) is 0 Å². The molecule has 0 aliphatic carbocycles. The Balaban J connectivity index is 1.71. The average Bonchev–Trinajstić information content (AvgIpc) is 3.10. The summed E-state index contributed by atoms with van der Waals surface area (Å²) in [7, 11) is 0. The highest BCUT2D eigenvalue weighted by molar-refractivity contribution is 6.10. The summed E-state index contributed by atoms with van der Waals surface area (Å²) in [6.45, 7) is -1.15. The normalized spacial score (nSPS) is 15.0. The lowest BCUT2D eigenvalue weighted by Crippen LogP contribution is -2.40. The van der Waals surface area contributed by atoms with Crippen LogP contribution in [0, 0.1) is 0 Å². The van der Waals surface area contributed by atoms with Gasteiger partial charge < -0.3 is 20.6 Å². The first kappa shape index (κ1) is 22.1. The Labute approximate surface area is 175 Å². The van der Waals surface area contributed by atoms with Crippen molar-refractivity contribution in [2.75, 3.05) is 25.0 Å². The minimum absolute atomic E-state index is 0.0647. The van der Waals surface area contributed by atoms with Crippen LogP contribution < -0.4 is 10.6 Å². The van der Waals surface area contributed by atoms with Crippen LogP contribution in [0.5, 0.6) is 0 Å². The number of amides is 3. The number of nitrogens with zero attached hydrogens (tertiary/aromatic N) is 2. The van der Waals surface area contributed by atoms with Crippen LogP contribution >= 0.6 is 0 Å². The zero-order chi connectivity index (χ0) is 22.6. The van der Waals surface area contributed by atoms with Gasteiger partial charge in [-0.3, -0.25) is 24.2 Å². The number of halogens is 2. The molecule has 1 aromatic heterocycles. The SMILES string of the molecule is O=C(O)CCC(=O)Nc1cccc2c(C(=O)NCC(=O)N3CCC(F)(F)C3)ccnc12. The van der Waals surface area contributed by atoms with Crippen molar-refractivity contribution in [3.8, 4) is 0 Å². The molecule has 11 heteroatoms. The van der Waals surface area contributed by atoms with Gasteiger partial charge in [-0.05, 0) is 12.1 Å². The van der Waals surface area contributed by atoms with Gasteiger partial charge in [0.15, 0.2) is 0 Å². The first-order valence-electron chi connectivity index (χ1n) is 9.49. The summed E-state index contributed by atoms with van der Waals surface area (Å²) in [6, 6.07) is 6.19. The number of hydrogen-bond donors (Lipinski definition) is 3. The highest BCUT2D eigenvalue weighted by Crippen LogP contribution is 2.27.